The molecule has 0 aromatic heterocycles. The van der Waals surface area contributed by atoms with Crippen molar-refractivity contribution in [1.29, 1.82) is 5.26 Å². The largest absolute Gasteiger partial charge is 0.369 e. The lowest BCUT2D eigenvalue weighted by molar-refractivity contribution is 0.621. The van der Waals surface area contributed by atoms with Crippen LogP contribution in [0.3, 0.4) is 0 Å². The second-order valence-corrected chi connectivity index (χ2v) is 4.81. The van der Waals surface area contributed by atoms with Crippen molar-refractivity contribution in [3.8, 4) is 6.07 Å². The molecule has 2 unspecified atom stereocenters. The van der Waals surface area contributed by atoms with E-state index < -0.39 is 0 Å². The van der Waals surface area contributed by atoms with E-state index in [1.807, 2.05) is 18.9 Å². The highest BCUT2D eigenvalue weighted by atomic mass is 32.2. The van der Waals surface area contributed by atoms with Gasteiger partial charge in [0, 0.05) is 11.9 Å². The van der Waals surface area contributed by atoms with Crippen LogP contribution in [0.25, 0.3) is 0 Å². The summed E-state index contributed by atoms with van der Waals surface area (Å²) >= 11 is 1.51. The first-order valence-electron chi connectivity index (χ1n) is 4.72. The fourth-order valence-corrected chi connectivity index (χ4v) is 2.83. The Morgan fingerprint density at radius 1 is 1.53 bits per heavy atom. The molecule has 0 bridgehead atoms. The number of fused-ring (bicyclic) bond motifs is 1. The summed E-state index contributed by atoms with van der Waals surface area (Å²) < 4.78 is 13.1. The SMILES string of the molecule is CC1C(C#N)Sc2ccc(F)cc2N1C. The van der Waals surface area contributed by atoms with Crippen LogP contribution in [0, 0.1) is 17.1 Å². The third-order valence-electron chi connectivity index (χ3n) is 2.73. The van der Waals surface area contributed by atoms with Crippen LogP contribution in [0.5, 0.6) is 0 Å². The molecule has 1 aromatic rings. The van der Waals surface area contributed by atoms with Crippen LogP contribution in [-0.2, 0) is 0 Å². The van der Waals surface area contributed by atoms with Crippen molar-refractivity contribution in [3.05, 3.63) is 24.0 Å². The van der Waals surface area contributed by atoms with Crippen molar-refractivity contribution in [2.75, 3.05) is 11.9 Å². The van der Waals surface area contributed by atoms with Gasteiger partial charge in [0.1, 0.15) is 11.1 Å². The normalized spacial score (nSPS) is 24.5. The number of rotatable bonds is 0. The Balaban J connectivity index is 2.46. The Hall–Kier alpha value is -1.21. The summed E-state index contributed by atoms with van der Waals surface area (Å²) in [5, 5.41) is 8.90. The Morgan fingerprint density at radius 3 is 2.93 bits per heavy atom. The first-order valence-corrected chi connectivity index (χ1v) is 5.60. The monoisotopic (exact) mass is 222 g/mol. The molecular weight excluding hydrogens is 211 g/mol. The molecule has 1 aliphatic heterocycles. The first kappa shape index (κ1) is 10.3. The van der Waals surface area contributed by atoms with Crippen molar-refractivity contribution < 1.29 is 4.39 Å². The minimum atomic E-state index is -0.233. The Morgan fingerprint density at radius 2 is 2.27 bits per heavy atom. The van der Waals surface area contributed by atoms with Crippen molar-refractivity contribution in [2.24, 2.45) is 0 Å². The number of benzene rings is 1. The molecule has 0 N–H and O–H groups in total. The quantitative estimate of drug-likeness (QED) is 0.675. The summed E-state index contributed by atoms with van der Waals surface area (Å²) in [6.45, 7) is 1.98. The second kappa shape index (κ2) is 3.74. The summed E-state index contributed by atoms with van der Waals surface area (Å²) in [6, 6.07) is 7.07. The molecule has 0 saturated carbocycles. The van der Waals surface area contributed by atoms with E-state index in [-0.39, 0.29) is 17.1 Å². The second-order valence-electron chi connectivity index (χ2n) is 3.63. The first-order chi connectivity index (χ1) is 7.13. The maximum atomic E-state index is 13.1. The number of halogens is 1. The predicted octanol–water partition coefficient (Wildman–Crippen LogP) is 2.65. The molecule has 1 heterocycles. The zero-order valence-corrected chi connectivity index (χ0v) is 9.38. The number of nitrogens with zero attached hydrogens (tertiary/aromatic N) is 2. The number of nitriles is 1. The number of hydrogen-bond acceptors (Lipinski definition) is 3. The lowest BCUT2D eigenvalue weighted by Crippen LogP contribution is -2.39. The maximum Gasteiger partial charge on any atom is 0.125 e. The summed E-state index contributed by atoms with van der Waals surface area (Å²) in [4.78, 5) is 2.94. The van der Waals surface area contributed by atoms with Crippen LogP contribution in [0.2, 0.25) is 0 Å². The molecule has 15 heavy (non-hydrogen) atoms. The highest BCUT2D eigenvalue weighted by molar-refractivity contribution is 8.00. The van der Waals surface area contributed by atoms with Gasteiger partial charge in [-0.3, -0.25) is 0 Å². The molecule has 2 rings (SSSR count). The fourth-order valence-electron chi connectivity index (χ4n) is 1.66. The molecule has 0 spiro atoms. The summed E-state index contributed by atoms with van der Waals surface area (Å²) in [6.07, 6.45) is 0. The van der Waals surface area contributed by atoms with Gasteiger partial charge >= 0.3 is 0 Å². The van der Waals surface area contributed by atoms with Crippen LogP contribution in [0.4, 0.5) is 10.1 Å². The number of thioether (sulfide) groups is 1. The smallest absolute Gasteiger partial charge is 0.125 e. The molecule has 2 atom stereocenters. The molecular formula is C11H11FN2S. The van der Waals surface area contributed by atoms with Gasteiger partial charge < -0.3 is 4.90 Å². The summed E-state index contributed by atoms with van der Waals surface area (Å²) in [5.74, 6) is -0.233. The topological polar surface area (TPSA) is 27.0 Å². The summed E-state index contributed by atoms with van der Waals surface area (Å²) in [5.41, 5.74) is 0.874. The highest BCUT2D eigenvalue weighted by Gasteiger charge is 2.29. The van der Waals surface area contributed by atoms with Crippen molar-refractivity contribution >= 4 is 17.4 Å². The van der Waals surface area contributed by atoms with E-state index in [2.05, 4.69) is 6.07 Å². The van der Waals surface area contributed by atoms with Gasteiger partial charge in [0.05, 0.1) is 17.8 Å². The predicted molar refractivity (Wildman–Crippen MR) is 59.5 cm³/mol. The van der Waals surface area contributed by atoms with Crippen LogP contribution in [-0.4, -0.2) is 18.3 Å². The van der Waals surface area contributed by atoms with Crippen molar-refractivity contribution in [2.45, 2.75) is 23.1 Å². The zero-order chi connectivity index (χ0) is 11.0. The van der Waals surface area contributed by atoms with Gasteiger partial charge in [0.15, 0.2) is 0 Å². The lowest BCUT2D eigenvalue weighted by Gasteiger charge is -2.36. The van der Waals surface area contributed by atoms with Gasteiger partial charge in [-0.1, -0.05) is 0 Å². The minimum absolute atomic E-state index is 0.0899. The highest BCUT2D eigenvalue weighted by Crippen LogP contribution is 2.40. The third kappa shape index (κ3) is 1.68. The van der Waals surface area contributed by atoms with Gasteiger partial charge in [0.25, 0.3) is 0 Å². The Kier molecular flexibility index (Phi) is 2.57. The standard InChI is InChI=1S/C11H11FN2S/c1-7-11(6-13)15-10-4-3-8(12)5-9(10)14(7)2/h3-5,7,11H,1-2H3. The van der Waals surface area contributed by atoms with E-state index >= 15 is 0 Å². The van der Waals surface area contributed by atoms with Crippen LogP contribution < -0.4 is 4.90 Å². The molecule has 0 radical (unpaired) electrons. The molecule has 1 aliphatic rings. The van der Waals surface area contributed by atoms with E-state index in [4.69, 9.17) is 5.26 Å². The van der Waals surface area contributed by atoms with Crippen LogP contribution in [0.15, 0.2) is 23.1 Å². The van der Waals surface area contributed by atoms with Crippen molar-refractivity contribution in [1.82, 2.24) is 0 Å². The van der Waals surface area contributed by atoms with Gasteiger partial charge in [-0.25, -0.2) is 4.39 Å². The van der Waals surface area contributed by atoms with E-state index in [0.717, 1.165) is 10.6 Å². The summed E-state index contributed by atoms with van der Waals surface area (Å²) in [7, 11) is 1.90. The van der Waals surface area contributed by atoms with Gasteiger partial charge in [-0.05, 0) is 25.1 Å². The van der Waals surface area contributed by atoms with E-state index in [9.17, 15) is 4.39 Å². The van der Waals surface area contributed by atoms with Gasteiger partial charge in [-0.2, -0.15) is 5.26 Å². The molecule has 1 aromatic carbocycles. The Bertz CT molecular complexity index is 427. The van der Waals surface area contributed by atoms with E-state index in [0.29, 0.717) is 0 Å². The molecule has 2 nitrogen and oxygen atoms in total. The average Bonchev–Trinajstić information content (AvgIpc) is 2.24. The van der Waals surface area contributed by atoms with Crippen LogP contribution >= 0.6 is 11.8 Å². The van der Waals surface area contributed by atoms with E-state index in [1.165, 1.54) is 23.9 Å². The molecule has 4 heteroatoms. The van der Waals surface area contributed by atoms with Crippen LogP contribution in [0.1, 0.15) is 6.92 Å². The van der Waals surface area contributed by atoms with Crippen molar-refractivity contribution in [3.63, 3.8) is 0 Å². The lowest BCUT2D eigenvalue weighted by atomic mass is 10.2. The Labute approximate surface area is 92.7 Å². The zero-order valence-electron chi connectivity index (χ0n) is 8.57. The average molecular weight is 222 g/mol. The third-order valence-corrected chi connectivity index (χ3v) is 4.08. The molecule has 0 aliphatic carbocycles. The van der Waals surface area contributed by atoms with E-state index in [1.54, 1.807) is 6.07 Å². The number of anilines is 1. The maximum absolute atomic E-state index is 13.1. The van der Waals surface area contributed by atoms with Gasteiger partial charge in [-0.15, -0.1) is 11.8 Å². The number of hydrogen-bond donors (Lipinski definition) is 0. The fraction of sp³-hybridized carbons (Fsp3) is 0.364. The molecule has 0 fully saturated rings. The molecule has 0 amide bonds. The molecule has 78 valence electrons. The van der Waals surface area contributed by atoms with Gasteiger partial charge in [0.2, 0.25) is 0 Å². The minimum Gasteiger partial charge on any atom is -0.369 e. The molecule has 0 saturated heterocycles.